The van der Waals surface area contributed by atoms with Crippen molar-refractivity contribution in [2.75, 3.05) is 5.32 Å². The van der Waals surface area contributed by atoms with Crippen LogP contribution in [0.5, 0.6) is 0 Å². The summed E-state index contributed by atoms with van der Waals surface area (Å²) in [4.78, 5) is 0. The second-order valence-electron chi connectivity index (χ2n) is 4.83. The normalized spacial score (nSPS) is 10.2. The minimum Gasteiger partial charge on any atom is -0.337 e. The molecule has 1 aromatic carbocycles. The number of benzene rings is 1. The van der Waals surface area contributed by atoms with Crippen LogP contribution in [-0.4, -0.2) is 10.2 Å². The number of para-hydroxylation sites is 1. The highest BCUT2D eigenvalue weighted by molar-refractivity contribution is 5.69. The van der Waals surface area contributed by atoms with Crippen LogP contribution >= 0.6 is 0 Å². The van der Waals surface area contributed by atoms with Crippen molar-refractivity contribution in [3.05, 3.63) is 46.1 Å². The van der Waals surface area contributed by atoms with Gasteiger partial charge in [-0.25, -0.2) is 0 Å². The Morgan fingerprint density at radius 1 is 1.20 bits per heavy atom. The molecule has 1 N–H and O–H groups in total. The minimum atomic E-state index is 0.527. The Bertz CT molecular complexity index is 684. The number of nitrogens with one attached hydrogen (secondary N) is 1. The van der Waals surface area contributed by atoms with Crippen molar-refractivity contribution in [1.29, 1.82) is 5.26 Å². The van der Waals surface area contributed by atoms with Gasteiger partial charge in [-0.3, -0.25) is 0 Å². The molecule has 0 atom stereocenters. The maximum absolute atomic E-state index is 9.34. The fourth-order valence-electron chi connectivity index (χ4n) is 2.15. The number of aromatic nitrogens is 2. The van der Waals surface area contributed by atoms with Crippen molar-refractivity contribution in [2.24, 2.45) is 0 Å². The van der Waals surface area contributed by atoms with Crippen LogP contribution in [0.3, 0.4) is 0 Å². The molecule has 102 valence electrons. The average Bonchev–Trinajstić information content (AvgIpc) is 2.45. The van der Waals surface area contributed by atoms with Crippen LogP contribution in [0.25, 0.3) is 0 Å². The summed E-state index contributed by atoms with van der Waals surface area (Å²) in [6.07, 6.45) is 0.921. The molecule has 2 rings (SSSR count). The molecule has 0 radical (unpaired) electrons. The Kier molecular flexibility index (Phi) is 3.99. The Labute approximate surface area is 119 Å². The summed E-state index contributed by atoms with van der Waals surface area (Å²) in [6, 6.07) is 8.38. The summed E-state index contributed by atoms with van der Waals surface area (Å²) in [7, 11) is 0. The van der Waals surface area contributed by atoms with Crippen LogP contribution in [0, 0.1) is 32.1 Å². The first-order chi connectivity index (χ1) is 9.58. The first-order valence-corrected chi connectivity index (χ1v) is 6.68. The smallest absolute Gasteiger partial charge is 0.171 e. The lowest BCUT2D eigenvalue weighted by molar-refractivity contribution is 0.959. The van der Waals surface area contributed by atoms with Crippen molar-refractivity contribution >= 4 is 11.5 Å². The number of aryl methyl sites for hydroxylation is 3. The van der Waals surface area contributed by atoms with Crippen molar-refractivity contribution in [2.45, 2.75) is 34.1 Å². The summed E-state index contributed by atoms with van der Waals surface area (Å²) in [5.41, 5.74) is 5.57. The summed E-state index contributed by atoms with van der Waals surface area (Å²) in [5.74, 6) is 0.527. The predicted molar refractivity (Wildman–Crippen MR) is 80.1 cm³/mol. The molecular weight excluding hydrogens is 248 g/mol. The largest absolute Gasteiger partial charge is 0.337 e. The highest BCUT2D eigenvalue weighted by Gasteiger charge is 2.13. The van der Waals surface area contributed by atoms with Crippen molar-refractivity contribution in [1.82, 2.24) is 10.2 Å². The van der Waals surface area contributed by atoms with Gasteiger partial charge in [0, 0.05) is 5.69 Å². The summed E-state index contributed by atoms with van der Waals surface area (Å²) in [5, 5.41) is 20.9. The Balaban J connectivity index is 2.52. The molecule has 0 aliphatic heterocycles. The Morgan fingerprint density at radius 3 is 2.60 bits per heavy atom. The van der Waals surface area contributed by atoms with Crippen molar-refractivity contribution < 1.29 is 0 Å². The van der Waals surface area contributed by atoms with E-state index in [2.05, 4.69) is 34.6 Å². The van der Waals surface area contributed by atoms with Crippen LogP contribution in [-0.2, 0) is 6.42 Å². The zero-order valence-electron chi connectivity index (χ0n) is 12.3. The molecule has 0 fully saturated rings. The lowest BCUT2D eigenvalue weighted by atomic mass is 10.0. The summed E-state index contributed by atoms with van der Waals surface area (Å²) < 4.78 is 0. The molecular formula is C16H18N4. The quantitative estimate of drug-likeness (QED) is 0.922. The van der Waals surface area contributed by atoms with Crippen LogP contribution < -0.4 is 5.32 Å². The van der Waals surface area contributed by atoms with Crippen LogP contribution in [0.15, 0.2) is 18.2 Å². The van der Waals surface area contributed by atoms with Gasteiger partial charge in [0.15, 0.2) is 5.82 Å². The zero-order valence-corrected chi connectivity index (χ0v) is 12.3. The molecule has 0 unspecified atom stereocenters. The van der Waals surface area contributed by atoms with Gasteiger partial charge in [-0.1, -0.05) is 25.1 Å². The molecule has 4 nitrogen and oxygen atoms in total. The van der Waals surface area contributed by atoms with Crippen LogP contribution in [0.4, 0.5) is 11.5 Å². The summed E-state index contributed by atoms with van der Waals surface area (Å²) in [6.45, 7) is 7.91. The number of anilines is 2. The third-order valence-corrected chi connectivity index (χ3v) is 3.55. The van der Waals surface area contributed by atoms with Gasteiger partial charge in [0.1, 0.15) is 11.6 Å². The standard InChI is InChI=1S/C16H18N4/c1-5-13-8-6-7-10(2)15(13)18-16-14(9-17)11(3)12(4)19-20-16/h6-8H,5H2,1-4H3,(H,18,20). The van der Waals surface area contributed by atoms with E-state index in [1.165, 1.54) is 5.56 Å². The first-order valence-electron chi connectivity index (χ1n) is 6.68. The van der Waals surface area contributed by atoms with E-state index >= 15 is 0 Å². The SMILES string of the molecule is CCc1cccc(C)c1Nc1nnc(C)c(C)c1C#N. The van der Waals surface area contributed by atoms with Gasteiger partial charge in [0.2, 0.25) is 0 Å². The summed E-state index contributed by atoms with van der Waals surface area (Å²) >= 11 is 0. The molecule has 0 amide bonds. The molecule has 0 saturated carbocycles. The van der Waals surface area contributed by atoms with E-state index in [1.54, 1.807) is 0 Å². The Morgan fingerprint density at radius 2 is 1.95 bits per heavy atom. The van der Waals surface area contributed by atoms with Gasteiger partial charge >= 0.3 is 0 Å². The van der Waals surface area contributed by atoms with Crippen molar-refractivity contribution in [3.63, 3.8) is 0 Å². The molecule has 1 heterocycles. The van der Waals surface area contributed by atoms with Crippen LogP contribution in [0.1, 0.15) is 34.9 Å². The van der Waals surface area contributed by atoms with Gasteiger partial charge in [0.05, 0.1) is 5.69 Å². The molecule has 4 heteroatoms. The van der Waals surface area contributed by atoms with Crippen LogP contribution in [0.2, 0.25) is 0 Å². The topological polar surface area (TPSA) is 61.6 Å². The molecule has 20 heavy (non-hydrogen) atoms. The minimum absolute atomic E-state index is 0.527. The maximum atomic E-state index is 9.34. The molecule has 0 saturated heterocycles. The van der Waals surface area contributed by atoms with E-state index in [1.807, 2.05) is 32.9 Å². The monoisotopic (exact) mass is 266 g/mol. The molecule has 1 aromatic heterocycles. The van der Waals surface area contributed by atoms with E-state index in [9.17, 15) is 5.26 Å². The Hall–Kier alpha value is -2.41. The second kappa shape index (κ2) is 5.70. The van der Waals surface area contributed by atoms with Gasteiger partial charge in [-0.2, -0.15) is 10.4 Å². The lowest BCUT2D eigenvalue weighted by Crippen LogP contribution is -2.06. The fourth-order valence-corrected chi connectivity index (χ4v) is 2.15. The average molecular weight is 266 g/mol. The van der Waals surface area contributed by atoms with E-state index in [4.69, 9.17) is 0 Å². The van der Waals surface area contributed by atoms with E-state index in [0.717, 1.165) is 28.9 Å². The van der Waals surface area contributed by atoms with E-state index < -0.39 is 0 Å². The third-order valence-electron chi connectivity index (χ3n) is 3.55. The van der Waals surface area contributed by atoms with E-state index in [0.29, 0.717) is 11.4 Å². The third kappa shape index (κ3) is 2.48. The lowest BCUT2D eigenvalue weighted by Gasteiger charge is -2.15. The second-order valence-corrected chi connectivity index (χ2v) is 4.83. The van der Waals surface area contributed by atoms with Gasteiger partial charge in [-0.05, 0) is 43.9 Å². The predicted octanol–water partition coefficient (Wildman–Crippen LogP) is 3.58. The fraction of sp³-hybridized carbons (Fsp3) is 0.312. The number of hydrogen-bond donors (Lipinski definition) is 1. The van der Waals surface area contributed by atoms with E-state index in [-0.39, 0.29) is 0 Å². The molecule has 0 aliphatic carbocycles. The number of nitriles is 1. The number of hydrogen-bond acceptors (Lipinski definition) is 4. The highest BCUT2D eigenvalue weighted by atomic mass is 15.2. The molecule has 0 bridgehead atoms. The van der Waals surface area contributed by atoms with Crippen molar-refractivity contribution in [3.8, 4) is 6.07 Å². The van der Waals surface area contributed by atoms with Gasteiger partial charge < -0.3 is 5.32 Å². The molecule has 0 spiro atoms. The number of rotatable bonds is 3. The van der Waals surface area contributed by atoms with Gasteiger partial charge in [-0.15, -0.1) is 5.10 Å². The highest BCUT2D eigenvalue weighted by Crippen LogP contribution is 2.27. The molecule has 2 aromatic rings. The number of nitrogens with zero attached hydrogens (tertiary/aromatic N) is 3. The maximum Gasteiger partial charge on any atom is 0.171 e. The first kappa shape index (κ1) is 14.0. The zero-order chi connectivity index (χ0) is 14.7. The molecule has 0 aliphatic rings. The van der Waals surface area contributed by atoms with Gasteiger partial charge in [0.25, 0.3) is 0 Å².